The Bertz CT molecular complexity index is 814. The molecule has 4 rings (SSSR count). The van der Waals surface area contributed by atoms with Crippen LogP contribution in [0, 0.1) is 5.82 Å². The minimum Gasteiger partial charge on any atom is -0.485 e. The summed E-state index contributed by atoms with van der Waals surface area (Å²) in [4.78, 5) is 21.1. The first-order valence-corrected chi connectivity index (χ1v) is 9.84. The molecule has 2 atom stereocenters. The Labute approximate surface area is 163 Å². The highest BCUT2D eigenvalue weighted by Crippen LogP contribution is 2.26. The summed E-state index contributed by atoms with van der Waals surface area (Å²) in [5, 5.41) is 3.64. The molecule has 28 heavy (non-hydrogen) atoms. The lowest BCUT2D eigenvalue weighted by Gasteiger charge is -2.31. The average molecular weight is 388 g/mol. The number of nitrogens with zero attached hydrogens (tertiary/aromatic N) is 4. The fourth-order valence-corrected chi connectivity index (χ4v) is 4.15. The fourth-order valence-electron chi connectivity index (χ4n) is 4.15. The van der Waals surface area contributed by atoms with Crippen molar-refractivity contribution in [1.29, 1.82) is 0 Å². The SMILES string of the molecule is C[C@H]1CCCN1CC1CCCN1C(=O)c1ccc(OCc2ncon2)cc1F. The number of halogens is 1. The summed E-state index contributed by atoms with van der Waals surface area (Å²) >= 11 is 0. The first kappa shape index (κ1) is 18.9. The number of carbonyl (C=O) groups excluding carboxylic acids is 1. The predicted molar refractivity (Wildman–Crippen MR) is 99.4 cm³/mol. The van der Waals surface area contributed by atoms with Crippen molar-refractivity contribution in [1.82, 2.24) is 19.9 Å². The molecule has 0 saturated carbocycles. The van der Waals surface area contributed by atoms with Crippen LogP contribution in [-0.2, 0) is 6.61 Å². The zero-order valence-corrected chi connectivity index (χ0v) is 16.0. The molecular formula is C20H25FN4O3. The third kappa shape index (κ3) is 4.01. The molecule has 1 amide bonds. The van der Waals surface area contributed by atoms with Crippen LogP contribution in [-0.4, -0.2) is 57.6 Å². The lowest BCUT2D eigenvalue weighted by molar-refractivity contribution is 0.0692. The third-order valence-corrected chi connectivity index (χ3v) is 5.72. The number of ether oxygens (including phenoxy) is 1. The van der Waals surface area contributed by atoms with Gasteiger partial charge in [-0.1, -0.05) is 5.16 Å². The Morgan fingerprint density at radius 3 is 2.89 bits per heavy atom. The van der Waals surface area contributed by atoms with E-state index in [-0.39, 0.29) is 24.1 Å². The van der Waals surface area contributed by atoms with Gasteiger partial charge in [-0.2, -0.15) is 4.98 Å². The highest BCUT2D eigenvalue weighted by Gasteiger charge is 2.33. The third-order valence-electron chi connectivity index (χ3n) is 5.72. The minimum atomic E-state index is -0.573. The summed E-state index contributed by atoms with van der Waals surface area (Å²) in [7, 11) is 0. The number of hydrogen-bond donors (Lipinski definition) is 0. The van der Waals surface area contributed by atoms with Crippen LogP contribution < -0.4 is 4.74 Å². The molecule has 0 bridgehead atoms. The quantitative estimate of drug-likeness (QED) is 0.758. The van der Waals surface area contributed by atoms with Crippen LogP contribution in [0.15, 0.2) is 29.1 Å². The zero-order chi connectivity index (χ0) is 19.5. The molecule has 150 valence electrons. The van der Waals surface area contributed by atoms with Gasteiger partial charge in [-0.15, -0.1) is 0 Å². The summed E-state index contributed by atoms with van der Waals surface area (Å²) in [5.41, 5.74) is 0.0910. The maximum atomic E-state index is 14.6. The molecule has 2 aromatic rings. The standard InChI is InChI=1S/C20H25FN4O3/c1-14-4-2-8-24(14)11-15-5-3-9-25(15)20(26)17-7-6-16(10-18(17)21)27-12-19-22-13-28-23-19/h6-7,10,13-15H,2-5,8-9,11-12H2,1H3/t14-,15?/m0/s1. The fraction of sp³-hybridized carbons (Fsp3) is 0.550. The van der Waals surface area contributed by atoms with Gasteiger partial charge in [0.15, 0.2) is 6.61 Å². The summed E-state index contributed by atoms with van der Waals surface area (Å²) in [6.07, 6.45) is 5.56. The van der Waals surface area contributed by atoms with Crippen LogP contribution in [0.4, 0.5) is 4.39 Å². The molecule has 3 heterocycles. The Kier molecular flexibility index (Phi) is 5.57. The van der Waals surface area contributed by atoms with Crippen LogP contribution in [0.25, 0.3) is 0 Å². The molecule has 7 nitrogen and oxygen atoms in total. The minimum absolute atomic E-state index is 0.0749. The van der Waals surface area contributed by atoms with Crippen LogP contribution in [0.3, 0.4) is 0 Å². The first-order chi connectivity index (χ1) is 13.6. The van der Waals surface area contributed by atoms with Crippen molar-refractivity contribution in [3.05, 3.63) is 41.8 Å². The van der Waals surface area contributed by atoms with Gasteiger partial charge in [-0.05, 0) is 51.3 Å². The lowest BCUT2D eigenvalue weighted by Crippen LogP contribution is -2.44. The molecule has 2 saturated heterocycles. The molecule has 2 aliphatic rings. The van der Waals surface area contributed by atoms with Crippen molar-refractivity contribution in [3.63, 3.8) is 0 Å². The van der Waals surface area contributed by atoms with E-state index in [9.17, 15) is 9.18 Å². The molecular weight excluding hydrogens is 363 g/mol. The second-order valence-corrected chi connectivity index (χ2v) is 7.56. The van der Waals surface area contributed by atoms with Crippen molar-refractivity contribution in [2.75, 3.05) is 19.6 Å². The number of rotatable bonds is 6. The second-order valence-electron chi connectivity index (χ2n) is 7.56. The van der Waals surface area contributed by atoms with Crippen LogP contribution in [0.5, 0.6) is 5.75 Å². The molecule has 0 N–H and O–H groups in total. The molecule has 2 aliphatic heterocycles. The molecule has 1 aromatic carbocycles. The molecule has 2 fully saturated rings. The largest absolute Gasteiger partial charge is 0.485 e. The van der Waals surface area contributed by atoms with Gasteiger partial charge >= 0.3 is 0 Å². The van der Waals surface area contributed by atoms with E-state index in [0.29, 0.717) is 24.2 Å². The van der Waals surface area contributed by atoms with Crippen LogP contribution >= 0.6 is 0 Å². The van der Waals surface area contributed by atoms with Gasteiger partial charge in [0.1, 0.15) is 11.6 Å². The number of hydrogen-bond acceptors (Lipinski definition) is 6. The molecule has 1 aromatic heterocycles. The molecule has 1 unspecified atom stereocenters. The molecule has 0 radical (unpaired) electrons. The van der Waals surface area contributed by atoms with Gasteiger partial charge in [0, 0.05) is 31.2 Å². The van der Waals surface area contributed by atoms with Crippen LogP contribution in [0.2, 0.25) is 0 Å². The number of amides is 1. The van der Waals surface area contributed by atoms with E-state index in [1.165, 1.54) is 31.4 Å². The Morgan fingerprint density at radius 2 is 2.18 bits per heavy atom. The highest BCUT2D eigenvalue weighted by atomic mass is 19.1. The van der Waals surface area contributed by atoms with Gasteiger partial charge in [-0.3, -0.25) is 9.69 Å². The summed E-state index contributed by atoms with van der Waals surface area (Å²) in [5.74, 6) is -0.119. The molecule has 0 spiro atoms. The van der Waals surface area contributed by atoms with E-state index in [2.05, 4.69) is 26.5 Å². The first-order valence-electron chi connectivity index (χ1n) is 9.84. The summed E-state index contributed by atoms with van der Waals surface area (Å²) < 4.78 is 24.7. The topological polar surface area (TPSA) is 71.7 Å². The van der Waals surface area contributed by atoms with Crippen molar-refractivity contribution in [2.24, 2.45) is 0 Å². The van der Waals surface area contributed by atoms with E-state index in [1.807, 2.05) is 4.90 Å². The van der Waals surface area contributed by atoms with Crippen molar-refractivity contribution < 1.29 is 18.4 Å². The maximum Gasteiger partial charge on any atom is 0.257 e. The van der Waals surface area contributed by atoms with Gasteiger partial charge in [0.05, 0.1) is 5.56 Å². The van der Waals surface area contributed by atoms with Gasteiger partial charge in [0.25, 0.3) is 5.91 Å². The number of benzene rings is 1. The highest BCUT2D eigenvalue weighted by molar-refractivity contribution is 5.95. The van der Waals surface area contributed by atoms with Crippen molar-refractivity contribution in [2.45, 2.75) is 51.3 Å². The Hall–Kier alpha value is -2.48. The number of aromatic nitrogens is 2. The van der Waals surface area contributed by atoms with Gasteiger partial charge < -0.3 is 14.2 Å². The number of carbonyl (C=O) groups is 1. The predicted octanol–water partition coefficient (Wildman–Crippen LogP) is 2.88. The van der Waals surface area contributed by atoms with E-state index in [1.54, 1.807) is 6.07 Å². The molecule has 0 aliphatic carbocycles. The van der Waals surface area contributed by atoms with E-state index < -0.39 is 5.82 Å². The summed E-state index contributed by atoms with van der Waals surface area (Å²) in [6.45, 7) is 4.95. The molecule has 8 heteroatoms. The number of likely N-dealkylation sites (tertiary alicyclic amines) is 2. The van der Waals surface area contributed by atoms with E-state index in [0.717, 1.165) is 25.9 Å². The monoisotopic (exact) mass is 388 g/mol. The smallest absolute Gasteiger partial charge is 0.257 e. The van der Waals surface area contributed by atoms with E-state index in [4.69, 9.17) is 4.74 Å². The second kappa shape index (κ2) is 8.26. The van der Waals surface area contributed by atoms with Crippen molar-refractivity contribution in [3.8, 4) is 5.75 Å². The average Bonchev–Trinajstić information content (AvgIpc) is 3.43. The Morgan fingerprint density at radius 1 is 1.32 bits per heavy atom. The summed E-state index contributed by atoms with van der Waals surface area (Å²) in [6, 6.07) is 5.05. The van der Waals surface area contributed by atoms with Crippen molar-refractivity contribution >= 4 is 5.91 Å². The van der Waals surface area contributed by atoms with Crippen LogP contribution in [0.1, 0.15) is 48.8 Å². The van der Waals surface area contributed by atoms with Gasteiger partial charge in [-0.25, -0.2) is 4.39 Å². The lowest BCUT2D eigenvalue weighted by atomic mass is 10.1. The normalized spacial score (nSPS) is 22.7. The Balaban J connectivity index is 1.41. The maximum absolute atomic E-state index is 14.6. The van der Waals surface area contributed by atoms with E-state index >= 15 is 0 Å². The van der Waals surface area contributed by atoms with Gasteiger partial charge in [0.2, 0.25) is 12.2 Å². The zero-order valence-electron chi connectivity index (χ0n) is 16.0.